The van der Waals surface area contributed by atoms with Crippen LogP contribution < -0.4 is 4.74 Å². The summed E-state index contributed by atoms with van der Waals surface area (Å²) in [6.45, 7) is 9.31. The van der Waals surface area contributed by atoms with Gasteiger partial charge >= 0.3 is 5.97 Å². The second-order valence-electron chi connectivity index (χ2n) is 8.22. The maximum atomic E-state index is 13.6. The van der Waals surface area contributed by atoms with Crippen molar-refractivity contribution in [3.8, 4) is 5.75 Å². The Morgan fingerprint density at radius 2 is 1.69 bits per heavy atom. The number of sulfonamides is 1. The number of likely N-dealkylation sites (N-methyl/N-ethyl adjacent to an activating group) is 1. The summed E-state index contributed by atoms with van der Waals surface area (Å²) in [6, 6.07) is 7.07. The van der Waals surface area contributed by atoms with Crippen molar-refractivity contribution in [2.75, 3.05) is 7.05 Å². The van der Waals surface area contributed by atoms with Crippen LogP contribution in [0.4, 0.5) is 0 Å². The van der Waals surface area contributed by atoms with Crippen molar-refractivity contribution in [1.82, 2.24) is 4.31 Å². The van der Waals surface area contributed by atoms with Crippen molar-refractivity contribution in [1.29, 1.82) is 0 Å². The highest BCUT2D eigenvalue weighted by atomic mass is 32.2. The Balaban J connectivity index is 2.18. The van der Waals surface area contributed by atoms with Crippen molar-refractivity contribution in [2.45, 2.75) is 57.6 Å². The number of carbonyl (C=O) groups is 1. The third-order valence-electron chi connectivity index (χ3n) is 5.64. The lowest BCUT2D eigenvalue weighted by Gasteiger charge is -2.27. The zero-order valence-corrected chi connectivity index (χ0v) is 18.4. The van der Waals surface area contributed by atoms with Gasteiger partial charge in [0, 0.05) is 19.0 Å². The minimum absolute atomic E-state index is 0.166. The Labute approximate surface area is 172 Å². The monoisotopic (exact) mass is 417 g/mol. The molecule has 29 heavy (non-hydrogen) atoms. The Bertz CT molecular complexity index is 1070. The number of nitrogens with zero attached hydrogens (tertiary/aromatic N) is 1. The number of rotatable bonds is 5. The molecule has 1 unspecified atom stereocenters. The third kappa shape index (κ3) is 3.53. The lowest BCUT2D eigenvalue weighted by Crippen LogP contribution is -2.36. The summed E-state index contributed by atoms with van der Waals surface area (Å²) in [6.07, 6.45) is 0.600. The summed E-state index contributed by atoms with van der Waals surface area (Å²) in [7, 11) is -2.75. The van der Waals surface area contributed by atoms with Crippen LogP contribution in [0.3, 0.4) is 0 Å². The third-order valence-corrected chi connectivity index (χ3v) is 7.74. The molecule has 0 saturated heterocycles. The van der Waals surface area contributed by atoms with Gasteiger partial charge in [-0.2, -0.15) is 4.31 Å². The van der Waals surface area contributed by atoms with Crippen molar-refractivity contribution in [3.05, 3.63) is 58.1 Å². The summed E-state index contributed by atoms with van der Waals surface area (Å²) >= 11 is 0. The number of fused-ring (bicyclic) bond motifs is 1. The Kier molecular flexibility index (Phi) is 5.26. The number of carboxylic acid groups (broad SMARTS) is 1. The van der Waals surface area contributed by atoms with E-state index in [4.69, 9.17) is 4.74 Å². The predicted octanol–water partition coefficient (Wildman–Crippen LogP) is 3.77. The van der Waals surface area contributed by atoms with Gasteiger partial charge in [0.2, 0.25) is 10.0 Å². The van der Waals surface area contributed by atoms with Crippen LogP contribution in [0.15, 0.2) is 35.2 Å². The smallest absolute Gasteiger partial charge is 0.326 e. The van der Waals surface area contributed by atoms with Crippen molar-refractivity contribution in [3.63, 3.8) is 0 Å². The van der Waals surface area contributed by atoms with Gasteiger partial charge in [-0.05, 0) is 56.9 Å². The molecule has 0 aromatic heterocycles. The van der Waals surface area contributed by atoms with Crippen LogP contribution >= 0.6 is 0 Å². The average molecular weight is 418 g/mol. The molecule has 0 spiro atoms. The molecule has 1 heterocycles. The topological polar surface area (TPSA) is 83.9 Å². The van der Waals surface area contributed by atoms with E-state index in [-0.39, 0.29) is 4.90 Å². The maximum absolute atomic E-state index is 13.6. The fourth-order valence-electron chi connectivity index (χ4n) is 4.06. The van der Waals surface area contributed by atoms with Gasteiger partial charge < -0.3 is 9.84 Å². The SMILES string of the molecule is Cc1c(C)c(S(=O)(=O)N(C)C(C(=O)O)c2ccccc2)c(C)c2c1OC(C)(C)C2. The maximum Gasteiger partial charge on any atom is 0.326 e. The molecule has 0 amide bonds. The summed E-state index contributed by atoms with van der Waals surface area (Å²) in [4.78, 5) is 12.2. The van der Waals surface area contributed by atoms with Crippen molar-refractivity contribution >= 4 is 16.0 Å². The van der Waals surface area contributed by atoms with Crippen LogP contribution in [0.1, 0.15) is 47.7 Å². The van der Waals surface area contributed by atoms with E-state index in [1.165, 1.54) is 7.05 Å². The number of benzene rings is 2. The number of hydrogen-bond acceptors (Lipinski definition) is 4. The molecule has 0 bridgehead atoms. The second-order valence-corrected chi connectivity index (χ2v) is 10.2. The lowest BCUT2D eigenvalue weighted by molar-refractivity contribution is -0.141. The lowest BCUT2D eigenvalue weighted by atomic mass is 9.94. The molecule has 3 rings (SSSR count). The van der Waals surface area contributed by atoms with Crippen LogP contribution in [0.5, 0.6) is 5.75 Å². The van der Waals surface area contributed by atoms with E-state index in [0.717, 1.165) is 21.2 Å². The zero-order valence-electron chi connectivity index (χ0n) is 17.6. The number of aliphatic carboxylic acids is 1. The minimum atomic E-state index is -4.08. The zero-order chi connectivity index (χ0) is 21.7. The van der Waals surface area contributed by atoms with Crippen LogP contribution in [0.25, 0.3) is 0 Å². The average Bonchev–Trinajstić information content (AvgIpc) is 2.96. The van der Waals surface area contributed by atoms with E-state index in [9.17, 15) is 18.3 Å². The second kappa shape index (κ2) is 7.15. The van der Waals surface area contributed by atoms with E-state index in [1.54, 1.807) is 44.2 Å². The highest BCUT2D eigenvalue weighted by molar-refractivity contribution is 7.89. The number of carboxylic acids is 1. The Morgan fingerprint density at radius 1 is 1.10 bits per heavy atom. The molecule has 2 aromatic carbocycles. The van der Waals surface area contributed by atoms with Gasteiger partial charge in [0.15, 0.2) is 0 Å². The molecular weight excluding hydrogens is 390 g/mol. The van der Waals surface area contributed by atoms with Crippen LogP contribution in [-0.2, 0) is 21.2 Å². The molecule has 7 heteroatoms. The van der Waals surface area contributed by atoms with Gasteiger partial charge in [-0.25, -0.2) is 8.42 Å². The molecule has 1 N–H and O–H groups in total. The van der Waals surface area contributed by atoms with E-state index >= 15 is 0 Å². The van der Waals surface area contributed by atoms with Crippen LogP contribution in [0.2, 0.25) is 0 Å². The molecule has 1 aliphatic heterocycles. The first-order chi connectivity index (χ1) is 13.4. The fraction of sp³-hybridized carbons (Fsp3) is 0.409. The fourth-order valence-corrected chi connectivity index (χ4v) is 5.89. The molecule has 1 aliphatic rings. The Morgan fingerprint density at radius 3 is 2.24 bits per heavy atom. The van der Waals surface area contributed by atoms with Crippen molar-refractivity contribution < 1.29 is 23.1 Å². The quantitative estimate of drug-likeness (QED) is 0.801. The minimum Gasteiger partial charge on any atom is -0.487 e. The van der Waals surface area contributed by atoms with E-state index in [1.807, 2.05) is 20.8 Å². The standard InChI is InChI=1S/C22H27NO5S/c1-13-14(2)20(15(3)17-12-22(4,5)28-19(13)17)29(26,27)23(6)18(21(24)25)16-10-8-7-9-11-16/h7-11,18H,12H2,1-6H3,(H,24,25). The first-order valence-corrected chi connectivity index (χ1v) is 10.9. The number of ether oxygens (including phenoxy) is 1. The predicted molar refractivity (Wildman–Crippen MR) is 111 cm³/mol. The molecular formula is C22H27NO5S. The summed E-state index contributed by atoms with van der Waals surface area (Å²) in [5.41, 5.74) is 2.85. The van der Waals surface area contributed by atoms with Crippen LogP contribution in [0, 0.1) is 20.8 Å². The van der Waals surface area contributed by atoms with E-state index in [0.29, 0.717) is 23.1 Å². The molecule has 156 valence electrons. The van der Waals surface area contributed by atoms with Crippen LogP contribution in [-0.4, -0.2) is 36.4 Å². The van der Waals surface area contributed by atoms with Gasteiger partial charge in [-0.15, -0.1) is 0 Å². The Hall–Kier alpha value is -2.38. The number of hydrogen-bond donors (Lipinski definition) is 1. The highest BCUT2D eigenvalue weighted by Gasteiger charge is 2.40. The molecule has 1 atom stereocenters. The molecule has 0 aliphatic carbocycles. The normalized spacial score (nSPS) is 16.4. The largest absolute Gasteiger partial charge is 0.487 e. The van der Waals surface area contributed by atoms with Gasteiger partial charge in [0.05, 0.1) is 4.90 Å². The van der Waals surface area contributed by atoms with Gasteiger partial charge in [-0.3, -0.25) is 4.79 Å². The molecule has 6 nitrogen and oxygen atoms in total. The summed E-state index contributed by atoms with van der Waals surface area (Å²) in [5.74, 6) is -0.482. The first kappa shape index (κ1) is 21.3. The first-order valence-electron chi connectivity index (χ1n) is 9.46. The van der Waals surface area contributed by atoms with Gasteiger partial charge in [0.25, 0.3) is 0 Å². The van der Waals surface area contributed by atoms with E-state index < -0.39 is 27.6 Å². The molecule has 0 radical (unpaired) electrons. The van der Waals surface area contributed by atoms with Gasteiger partial charge in [-0.1, -0.05) is 30.3 Å². The molecule has 0 fully saturated rings. The summed E-state index contributed by atoms with van der Waals surface area (Å²) < 4.78 is 34.3. The van der Waals surface area contributed by atoms with Crippen molar-refractivity contribution in [2.24, 2.45) is 0 Å². The van der Waals surface area contributed by atoms with E-state index in [2.05, 4.69) is 0 Å². The highest BCUT2D eigenvalue weighted by Crippen LogP contribution is 2.44. The molecule has 0 saturated carbocycles. The summed E-state index contributed by atoms with van der Waals surface area (Å²) in [5, 5.41) is 9.80. The molecule has 2 aromatic rings. The van der Waals surface area contributed by atoms with Gasteiger partial charge in [0.1, 0.15) is 17.4 Å².